The first kappa shape index (κ1) is 14.5. The van der Waals surface area contributed by atoms with E-state index in [2.05, 4.69) is 17.4 Å². The number of benzene rings is 1. The third-order valence-electron chi connectivity index (χ3n) is 4.82. The molecule has 1 fully saturated rings. The molecule has 2 aliphatic rings. The van der Waals surface area contributed by atoms with Crippen molar-refractivity contribution in [1.82, 2.24) is 10.2 Å². The fourth-order valence-electron chi connectivity index (χ4n) is 3.61. The lowest BCUT2D eigenvalue weighted by atomic mass is 9.94. The first-order chi connectivity index (χ1) is 10.1. The Balaban J connectivity index is 1.63. The number of aliphatic hydroxyl groups is 1. The molecule has 1 heterocycles. The molecular weight excluding hydrogens is 264 g/mol. The number of nitrogens with zero attached hydrogens (tertiary/aromatic N) is 1. The number of likely N-dealkylation sites (N-methyl/N-ethyl adjacent to an activating group) is 1. The molecule has 0 saturated heterocycles. The van der Waals surface area contributed by atoms with Crippen molar-refractivity contribution in [3.05, 3.63) is 35.4 Å². The van der Waals surface area contributed by atoms with Gasteiger partial charge in [-0.05, 0) is 30.4 Å². The van der Waals surface area contributed by atoms with Crippen LogP contribution in [0.2, 0.25) is 0 Å². The zero-order chi connectivity index (χ0) is 14.9. The predicted octanol–water partition coefficient (Wildman–Crippen LogP) is 1.46. The van der Waals surface area contributed by atoms with Gasteiger partial charge in [0.15, 0.2) is 0 Å². The van der Waals surface area contributed by atoms with Gasteiger partial charge in [0.05, 0.1) is 11.6 Å². The maximum Gasteiger partial charge on any atom is 0.239 e. The summed E-state index contributed by atoms with van der Waals surface area (Å²) in [6, 6.07) is 8.09. The molecule has 1 aliphatic heterocycles. The summed E-state index contributed by atoms with van der Waals surface area (Å²) < 4.78 is 0. The van der Waals surface area contributed by atoms with Crippen molar-refractivity contribution < 1.29 is 9.90 Å². The summed E-state index contributed by atoms with van der Waals surface area (Å²) in [6.07, 6.45) is 4.48. The van der Waals surface area contributed by atoms with Crippen molar-refractivity contribution in [2.24, 2.45) is 0 Å². The van der Waals surface area contributed by atoms with Gasteiger partial charge >= 0.3 is 0 Å². The summed E-state index contributed by atoms with van der Waals surface area (Å²) in [6.45, 7) is 1.19. The summed E-state index contributed by atoms with van der Waals surface area (Å²) in [5.41, 5.74) is 1.86. The Bertz CT molecular complexity index is 523. The molecular formula is C17H24N2O2. The first-order valence-electron chi connectivity index (χ1n) is 7.85. The SMILES string of the molecule is CN(CC1(O)CCCC1)C(=O)C1Cc2ccccc2CN1. The average molecular weight is 288 g/mol. The van der Waals surface area contributed by atoms with Gasteiger partial charge in [-0.2, -0.15) is 0 Å². The van der Waals surface area contributed by atoms with Crippen molar-refractivity contribution in [3.63, 3.8) is 0 Å². The second-order valence-corrected chi connectivity index (χ2v) is 6.53. The number of fused-ring (bicyclic) bond motifs is 1. The highest BCUT2D eigenvalue weighted by atomic mass is 16.3. The van der Waals surface area contributed by atoms with Gasteiger partial charge in [0.25, 0.3) is 0 Å². The van der Waals surface area contributed by atoms with Crippen LogP contribution >= 0.6 is 0 Å². The van der Waals surface area contributed by atoms with Gasteiger partial charge < -0.3 is 15.3 Å². The second kappa shape index (κ2) is 5.78. The Hall–Kier alpha value is -1.39. The van der Waals surface area contributed by atoms with Gasteiger partial charge in [-0.25, -0.2) is 0 Å². The number of nitrogens with one attached hydrogen (secondary N) is 1. The lowest BCUT2D eigenvalue weighted by Crippen LogP contribution is -2.51. The monoisotopic (exact) mass is 288 g/mol. The minimum atomic E-state index is -0.670. The highest BCUT2D eigenvalue weighted by Crippen LogP contribution is 2.30. The summed E-state index contributed by atoms with van der Waals surface area (Å²) in [4.78, 5) is 14.3. The van der Waals surface area contributed by atoms with E-state index in [9.17, 15) is 9.90 Å². The standard InChI is InChI=1S/C17H24N2O2/c1-19(12-17(21)8-4-5-9-17)16(20)15-10-13-6-2-3-7-14(13)11-18-15/h2-3,6-7,15,18,21H,4-5,8-12H2,1H3. The Morgan fingerprint density at radius 2 is 2.00 bits per heavy atom. The molecule has 4 nitrogen and oxygen atoms in total. The molecule has 4 heteroatoms. The Morgan fingerprint density at radius 1 is 1.33 bits per heavy atom. The first-order valence-corrected chi connectivity index (χ1v) is 7.85. The molecule has 114 valence electrons. The van der Waals surface area contributed by atoms with E-state index >= 15 is 0 Å². The molecule has 1 aromatic rings. The lowest BCUT2D eigenvalue weighted by Gasteiger charge is -2.33. The largest absolute Gasteiger partial charge is 0.388 e. The highest BCUT2D eigenvalue weighted by Gasteiger charge is 2.35. The number of rotatable bonds is 3. The third-order valence-corrected chi connectivity index (χ3v) is 4.82. The molecule has 3 rings (SSSR count). The summed E-state index contributed by atoms with van der Waals surface area (Å²) in [5.74, 6) is 0.0878. The van der Waals surface area contributed by atoms with Crippen LogP contribution in [-0.2, 0) is 17.8 Å². The molecule has 21 heavy (non-hydrogen) atoms. The van der Waals surface area contributed by atoms with Crippen LogP contribution in [0.15, 0.2) is 24.3 Å². The van der Waals surface area contributed by atoms with Crippen LogP contribution in [0.5, 0.6) is 0 Å². The quantitative estimate of drug-likeness (QED) is 0.885. The minimum absolute atomic E-state index is 0.0878. The van der Waals surface area contributed by atoms with E-state index in [1.807, 2.05) is 12.1 Å². The summed E-state index contributed by atoms with van der Waals surface area (Å²) in [7, 11) is 1.81. The molecule has 1 unspecified atom stereocenters. The van der Waals surface area contributed by atoms with Crippen LogP contribution in [0.4, 0.5) is 0 Å². The van der Waals surface area contributed by atoms with Gasteiger partial charge in [-0.15, -0.1) is 0 Å². The molecule has 0 spiro atoms. The van der Waals surface area contributed by atoms with E-state index < -0.39 is 5.60 Å². The number of carbonyl (C=O) groups excluding carboxylic acids is 1. The maximum atomic E-state index is 12.6. The molecule has 0 radical (unpaired) electrons. The van der Waals surface area contributed by atoms with Crippen molar-refractivity contribution >= 4 is 5.91 Å². The molecule has 2 N–H and O–H groups in total. The van der Waals surface area contributed by atoms with E-state index in [0.717, 1.165) is 38.6 Å². The highest BCUT2D eigenvalue weighted by molar-refractivity contribution is 5.82. The van der Waals surface area contributed by atoms with Crippen LogP contribution < -0.4 is 5.32 Å². The van der Waals surface area contributed by atoms with Crippen LogP contribution in [0.3, 0.4) is 0 Å². The van der Waals surface area contributed by atoms with Crippen LogP contribution in [-0.4, -0.2) is 41.1 Å². The van der Waals surface area contributed by atoms with Gasteiger partial charge in [-0.1, -0.05) is 37.1 Å². The fourth-order valence-corrected chi connectivity index (χ4v) is 3.61. The van der Waals surface area contributed by atoms with Crippen molar-refractivity contribution in [2.75, 3.05) is 13.6 Å². The zero-order valence-corrected chi connectivity index (χ0v) is 12.6. The number of amides is 1. The van der Waals surface area contributed by atoms with Crippen molar-refractivity contribution in [1.29, 1.82) is 0 Å². The molecule has 1 saturated carbocycles. The lowest BCUT2D eigenvalue weighted by molar-refractivity contribution is -0.135. The minimum Gasteiger partial charge on any atom is -0.388 e. The van der Waals surface area contributed by atoms with E-state index in [0.29, 0.717) is 6.54 Å². The second-order valence-electron chi connectivity index (χ2n) is 6.53. The Kier molecular flexibility index (Phi) is 4.00. The molecule has 0 bridgehead atoms. The van der Waals surface area contributed by atoms with E-state index in [-0.39, 0.29) is 11.9 Å². The maximum absolute atomic E-state index is 12.6. The van der Waals surface area contributed by atoms with Gasteiger partial charge in [0.1, 0.15) is 0 Å². The van der Waals surface area contributed by atoms with Crippen LogP contribution in [0, 0.1) is 0 Å². The average Bonchev–Trinajstić information content (AvgIpc) is 2.92. The van der Waals surface area contributed by atoms with Gasteiger partial charge in [0, 0.05) is 20.1 Å². The summed E-state index contributed by atoms with van der Waals surface area (Å²) in [5, 5.41) is 13.8. The van der Waals surface area contributed by atoms with Crippen LogP contribution in [0.25, 0.3) is 0 Å². The molecule has 1 atom stereocenters. The Labute approximate surface area is 126 Å². The number of carbonyl (C=O) groups is 1. The van der Waals surface area contributed by atoms with E-state index in [4.69, 9.17) is 0 Å². The topological polar surface area (TPSA) is 52.6 Å². The van der Waals surface area contributed by atoms with Gasteiger partial charge in [0.2, 0.25) is 5.91 Å². The van der Waals surface area contributed by atoms with Crippen LogP contribution in [0.1, 0.15) is 36.8 Å². The van der Waals surface area contributed by atoms with Gasteiger partial charge in [-0.3, -0.25) is 4.79 Å². The third kappa shape index (κ3) is 3.11. The van der Waals surface area contributed by atoms with E-state index in [1.165, 1.54) is 11.1 Å². The predicted molar refractivity (Wildman–Crippen MR) is 81.8 cm³/mol. The number of hydrogen-bond donors (Lipinski definition) is 2. The smallest absolute Gasteiger partial charge is 0.239 e. The van der Waals surface area contributed by atoms with E-state index in [1.54, 1.807) is 11.9 Å². The summed E-state index contributed by atoms with van der Waals surface area (Å²) >= 11 is 0. The fraction of sp³-hybridized carbons (Fsp3) is 0.588. The zero-order valence-electron chi connectivity index (χ0n) is 12.6. The molecule has 0 aromatic heterocycles. The Morgan fingerprint density at radius 3 is 2.71 bits per heavy atom. The molecule has 1 aliphatic carbocycles. The number of hydrogen-bond acceptors (Lipinski definition) is 3. The molecule has 1 amide bonds. The van der Waals surface area contributed by atoms with Crippen molar-refractivity contribution in [3.8, 4) is 0 Å². The van der Waals surface area contributed by atoms with Crippen molar-refractivity contribution in [2.45, 2.75) is 50.3 Å². The molecule has 1 aromatic carbocycles. The normalized spacial score (nSPS) is 23.6.